The SMILES string of the molecule is N#CCC(N)c1ncn[nH]1. The van der Waals surface area contributed by atoms with Crippen LogP contribution in [0.15, 0.2) is 6.33 Å². The molecule has 0 fully saturated rings. The summed E-state index contributed by atoms with van der Waals surface area (Å²) in [5, 5.41) is 14.4. The second kappa shape index (κ2) is 2.94. The summed E-state index contributed by atoms with van der Waals surface area (Å²) in [7, 11) is 0. The van der Waals surface area contributed by atoms with Crippen LogP contribution in [0.2, 0.25) is 0 Å². The Morgan fingerprint density at radius 1 is 1.90 bits per heavy atom. The summed E-state index contributed by atoms with van der Waals surface area (Å²) in [6.45, 7) is 0. The maximum Gasteiger partial charge on any atom is 0.142 e. The van der Waals surface area contributed by atoms with E-state index in [-0.39, 0.29) is 12.5 Å². The third-order valence-electron chi connectivity index (χ3n) is 1.10. The van der Waals surface area contributed by atoms with Crippen molar-refractivity contribution in [1.29, 1.82) is 5.26 Å². The van der Waals surface area contributed by atoms with Crippen LogP contribution in [0, 0.1) is 11.3 Å². The zero-order valence-electron chi connectivity index (χ0n) is 5.28. The van der Waals surface area contributed by atoms with Crippen LogP contribution in [0.25, 0.3) is 0 Å². The molecule has 0 aromatic carbocycles. The Bertz CT molecular complexity index is 221. The van der Waals surface area contributed by atoms with Crippen molar-refractivity contribution in [3.8, 4) is 6.07 Å². The highest BCUT2D eigenvalue weighted by molar-refractivity contribution is 4.93. The van der Waals surface area contributed by atoms with Gasteiger partial charge in [0, 0.05) is 0 Å². The molecule has 1 heterocycles. The number of nitrogens with two attached hydrogens (primary N) is 1. The molecule has 1 atom stereocenters. The minimum Gasteiger partial charge on any atom is -0.320 e. The second-order valence-electron chi connectivity index (χ2n) is 1.84. The van der Waals surface area contributed by atoms with Gasteiger partial charge in [-0.25, -0.2) is 4.98 Å². The number of H-pyrrole nitrogens is 1. The van der Waals surface area contributed by atoms with Crippen LogP contribution in [0.4, 0.5) is 0 Å². The van der Waals surface area contributed by atoms with E-state index < -0.39 is 0 Å². The Kier molecular flexibility index (Phi) is 1.97. The van der Waals surface area contributed by atoms with Gasteiger partial charge in [0.15, 0.2) is 0 Å². The van der Waals surface area contributed by atoms with E-state index in [0.717, 1.165) is 0 Å². The molecule has 1 aromatic heterocycles. The molecule has 0 saturated heterocycles. The number of hydrogen-bond acceptors (Lipinski definition) is 4. The molecule has 52 valence electrons. The molecule has 0 saturated carbocycles. The van der Waals surface area contributed by atoms with Gasteiger partial charge in [-0.15, -0.1) is 0 Å². The molecule has 1 aromatic rings. The molecule has 1 unspecified atom stereocenters. The molecular formula is C5H7N5. The highest BCUT2D eigenvalue weighted by atomic mass is 15.2. The van der Waals surface area contributed by atoms with Gasteiger partial charge in [0.05, 0.1) is 18.5 Å². The summed E-state index contributed by atoms with van der Waals surface area (Å²) in [5.41, 5.74) is 5.49. The zero-order valence-corrected chi connectivity index (χ0v) is 5.28. The van der Waals surface area contributed by atoms with Crippen molar-refractivity contribution in [3.05, 3.63) is 12.2 Å². The van der Waals surface area contributed by atoms with Crippen molar-refractivity contribution in [2.75, 3.05) is 0 Å². The van der Waals surface area contributed by atoms with Gasteiger partial charge in [-0.3, -0.25) is 5.10 Å². The smallest absolute Gasteiger partial charge is 0.142 e. The summed E-state index contributed by atoms with van der Waals surface area (Å²) >= 11 is 0. The molecular weight excluding hydrogens is 130 g/mol. The van der Waals surface area contributed by atoms with Crippen molar-refractivity contribution in [2.24, 2.45) is 5.73 Å². The molecule has 10 heavy (non-hydrogen) atoms. The Morgan fingerprint density at radius 3 is 3.20 bits per heavy atom. The first-order valence-electron chi connectivity index (χ1n) is 2.82. The molecule has 0 bridgehead atoms. The van der Waals surface area contributed by atoms with E-state index in [1.165, 1.54) is 6.33 Å². The van der Waals surface area contributed by atoms with Crippen molar-refractivity contribution in [3.63, 3.8) is 0 Å². The van der Waals surface area contributed by atoms with Crippen molar-refractivity contribution in [1.82, 2.24) is 15.2 Å². The first-order valence-corrected chi connectivity index (χ1v) is 2.82. The molecule has 5 nitrogen and oxygen atoms in total. The standard InChI is InChI=1S/C5H7N5/c6-2-1-4(7)5-8-3-9-10-5/h3-4H,1,7H2,(H,8,9,10). The Balaban J connectivity index is 2.61. The highest BCUT2D eigenvalue weighted by Crippen LogP contribution is 2.04. The maximum atomic E-state index is 8.24. The largest absolute Gasteiger partial charge is 0.320 e. The normalized spacial score (nSPS) is 12.4. The molecule has 0 aliphatic rings. The molecule has 1 rings (SSSR count). The maximum absolute atomic E-state index is 8.24. The lowest BCUT2D eigenvalue weighted by Gasteiger charge is -1.99. The van der Waals surface area contributed by atoms with E-state index in [1.54, 1.807) is 0 Å². The monoisotopic (exact) mass is 137 g/mol. The van der Waals surface area contributed by atoms with Crippen LogP contribution in [-0.4, -0.2) is 15.2 Å². The van der Waals surface area contributed by atoms with Gasteiger partial charge in [-0.2, -0.15) is 10.4 Å². The van der Waals surface area contributed by atoms with E-state index >= 15 is 0 Å². The zero-order chi connectivity index (χ0) is 7.40. The van der Waals surface area contributed by atoms with Gasteiger partial charge in [0.25, 0.3) is 0 Å². The number of nitriles is 1. The third kappa shape index (κ3) is 1.30. The average Bonchev–Trinajstić information content (AvgIpc) is 2.38. The summed E-state index contributed by atoms with van der Waals surface area (Å²) in [6, 6.07) is 1.60. The first kappa shape index (κ1) is 6.71. The van der Waals surface area contributed by atoms with Crippen LogP contribution >= 0.6 is 0 Å². The Hall–Kier alpha value is -1.41. The van der Waals surface area contributed by atoms with Crippen LogP contribution < -0.4 is 5.73 Å². The summed E-state index contributed by atoms with van der Waals surface area (Å²) in [4.78, 5) is 3.79. The number of rotatable bonds is 2. The topological polar surface area (TPSA) is 91.4 Å². The third-order valence-corrected chi connectivity index (χ3v) is 1.10. The highest BCUT2D eigenvalue weighted by Gasteiger charge is 2.06. The van der Waals surface area contributed by atoms with Crippen molar-refractivity contribution >= 4 is 0 Å². The lowest BCUT2D eigenvalue weighted by molar-refractivity contribution is 0.692. The number of aromatic nitrogens is 3. The van der Waals surface area contributed by atoms with E-state index in [1.807, 2.05) is 6.07 Å². The molecule has 5 heteroatoms. The Labute approximate surface area is 57.9 Å². The fourth-order valence-electron chi connectivity index (χ4n) is 0.589. The van der Waals surface area contributed by atoms with Gasteiger partial charge < -0.3 is 5.73 Å². The molecule has 0 amide bonds. The summed E-state index contributed by atoms with van der Waals surface area (Å²) < 4.78 is 0. The lowest BCUT2D eigenvalue weighted by atomic mass is 10.2. The predicted molar refractivity (Wildman–Crippen MR) is 33.5 cm³/mol. The van der Waals surface area contributed by atoms with Gasteiger partial charge in [-0.05, 0) is 0 Å². The van der Waals surface area contributed by atoms with E-state index in [9.17, 15) is 0 Å². The fourth-order valence-corrected chi connectivity index (χ4v) is 0.589. The lowest BCUT2D eigenvalue weighted by Crippen LogP contribution is -2.10. The molecule has 0 aliphatic heterocycles. The summed E-state index contributed by atoms with van der Waals surface area (Å²) in [6.07, 6.45) is 1.63. The van der Waals surface area contributed by atoms with Crippen LogP contribution in [0.3, 0.4) is 0 Å². The first-order chi connectivity index (χ1) is 4.84. The van der Waals surface area contributed by atoms with Crippen molar-refractivity contribution < 1.29 is 0 Å². The average molecular weight is 137 g/mol. The van der Waals surface area contributed by atoms with Crippen LogP contribution in [0.5, 0.6) is 0 Å². The predicted octanol–water partition coefficient (Wildman–Crippen LogP) is -0.282. The fraction of sp³-hybridized carbons (Fsp3) is 0.400. The molecule has 0 spiro atoms. The van der Waals surface area contributed by atoms with E-state index in [4.69, 9.17) is 11.0 Å². The van der Waals surface area contributed by atoms with Gasteiger partial charge in [0.2, 0.25) is 0 Å². The minimum absolute atomic E-state index is 0.259. The van der Waals surface area contributed by atoms with E-state index in [2.05, 4.69) is 15.2 Å². The molecule has 3 N–H and O–H groups in total. The number of nitrogens with zero attached hydrogens (tertiary/aromatic N) is 3. The quantitative estimate of drug-likeness (QED) is 0.586. The molecule has 0 radical (unpaired) electrons. The van der Waals surface area contributed by atoms with Crippen LogP contribution in [0.1, 0.15) is 18.3 Å². The number of aromatic amines is 1. The van der Waals surface area contributed by atoms with Gasteiger partial charge in [-0.1, -0.05) is 0 Å². The van der Waals surface area contributed by atoms with Gasteiger partial charge in [0.1, 0.15) is 12.2 Å². The Morgan fingerprint density at radius 2 is 2.70 bits per heavy atom. The van der Waals surface area contributed by atoms with Crippen molar-refractivity contribution in [2.45, 2.75) is 12.5 Å². The van der Waals surface area contributed by atoms with Crippen LogP contribution in [-0.2, 0) is 0 Å². The summed E-state index contributed by atoms with van der Waals surface area (Å²) in [5.74, 6) is 0.557. The molecule has 0 aliphatic carbocycles. The van der Waals surface area contributed by atoms with E-state index in [0.29, 0.717) is 5.82 Å². The number of nitrogens with one attached hydrogen (secondary N) is 1. The number of hydrogen-bond donors (Lipinski definition) is 2. The minimum atomic E-state index is -0.340. The second-order valence-corrected chi connectivity index (χ2v) is 1.84. The van der Waals surface area contributed by atoms with Gasteiger partial charge >= 0.3 is 0 Å².